The molecule has 0 aliphatic rings. The van der Waals surface area contributed by atoms with Gasteiger partial charge in [-0.2, -0.15) is 5.10 Å². The van der Waals surface area contributed by atoms with E-state index in [9.17, 15) is 19.5 Å². The number of ketones is 1. The predicted molar refractivity (Wildman–Crippen MR) is 108 cm³/mol. The summed E-state index contributed by atoms with van der Waals surface area (Å²) in [5.74, 6) is -3.05. The lowest BCUT2D eigenvalue weighted by Gasteiger charge is -2.06. The van der Waals surface area contributed by atoms with Gasteiger partial charge in [-0.3, -0.25) is 25.2 Å². The molecule has 9 heteroatoms. The summed E-state index contributed by atoms with van der Waals surface area (Å²) in [5, 5.41) is 14.6. The number of carbonyl (C=O) groups is 3. The average Bonchev–Trinajstić information content (AvgIpc) is 3.31. The molecular formula is C21H17N5O4. The van der Waals surface area contributed by atoms with Crippen molar-refractivity contribution in [2.75, 3.05) is 0 Å². The van der Waals surface area contributed by atoms with E-state index in [0.717, 1.165) is 5.52 Å². The van der Waals surface area contributed by atoms with E-state index in [0.29, 0.717) is 16.8 Å². The number of hydrogen-bond donors (Lipinski definition) is 4. The molecule has 0 aliphatic heterocycles. The molecule has 4 N–H and O–H groups in total. The Kier molecular flexibility index (Phi) is 4.77. The van der Waals surface area contributed by atoms with Crippen LogP contribution >= 0.6 is 0 Å². The van der Waals surface area contributed by atoms with Crippen molar-refractivity contribution < 1.29 is 19.5 Å². The third-order valence-corrected chi connectivity index (χ3v) is 4.55. The topological polar surface area (TPSA) is 129 Å². The van der Waals surface area contributed by atoms with Crippen molar-refractivity contribution in [1.82, 2.24) is 25.6 Å². The summed E-state index contributed by atoms with van der Waals surface area (Å²) in [6.07, 6.45) is 1.27. The number of aromatic amines is 1. The van der Waals surface area contributed by atoms with Crippen LogP contribution in [0.2, 0.25) is 0 Å². The van der Waals surface area contributed by atoms with Crippen molar-refractivity contribution in [3.05, 3.63) is 77.7 Å². The molecule has 0 saturated heterocycles. The SMILES string of the molecule is Cc1[nH]c2ccccc2c1C(=O)C(=O)NNC(=O)c1nn(-c2ccccc2)cc1O. The number of nitrogens with one attached hydrogen (secondary N) is 3. The second kappa shape index (κ2) is 7.55. The van der Waals surface area contributed by atoms with Crippen LogP contribution in [0.3, 0.4) is 0 Å². The second-order valence-corrected chi connectivity index (χ2v) is 6.55. The highest BCUT2D eigenvalue weighted by Gasteiger charge is 2.24. The fraction of sp³-hybridized carbons (Fsp3) is 0.0476. The number of nitrogens with zero attached hydrogens (tertiary/aromatic N) is 2. The Hall–Kier alpha value is -4.40. The number of hydrogen-bond acceptors (Lipinski definition) is 5. The van der Waals surface area contributed by atoms with Crippen LogP contribution in [-0.4, -0.2) is 37.5 Å². The maximum absolute atomic E-state index is 12.6. The molecule has 2 heterocycles. The zero-order chi connectivity index (χ0) is 21.3. The van der Waals surface area contributed by atoms with Gasteiger partial charge in [0.05, 0.1) is 17.4 Å². The van der Waals surface area contributed by atoms with Gasteiger partial charge in [0.1, 0.15) is 0 Å². The molecule has 0 radical (unpaired) electrons. The second-order valence-electron chi connectivity index (χ2n) is 6.55. The van der Waals surface area contributed by atoms with Gasteiger partial charge in [-0.1, -0.05) is 36.4 Å². The molecule has 0 atom stereocenters. The number of hydrazine groups is 1. The zero-order valence-corrected chi connectivity index (χ0v) is 15.8. The minimum Gasteiger partial charge on any atom is -0.504 e. The van der Waals surface area contributed by atoms with Gasteiger partial charge in [0.25, 0.3) is 11.7 Å². The van der Waals surface area contributed by atoms with Gasteiger partial charge >= 0.3 is 5.91 Å². The van der Waals surface area contributed by atoms with E-state index in [1.54, 1.807) is 49.4 Å². The summed E-state index contributed by atoms with van der Waals surface area (Å²) in [7, 11) is 0. The number of benzene rings is 2. The van der Waals surface area contributed by atoms with E-state index in [1.807, 2.05) is 12.1 Å². The van der Waals surface area contributed by atoms with Crippen molar-refractivity contribution in [3.8, 4) is 11.4 Å². The number of rotatable bonds is 4. The fourth-order valence-electron chi connectivity index (χ4n) is 3.15. The molecular weight excluding hydrogens is 386 g/mol. The van der Waals surface area contributed by atoms with E-state index in [2.05, 4.69) is 20.9 Å². The largest absolute Gasteiger partial charge is 0.504 e. The van der Waals surface area contributed by atoms with Gasteiger partial charge in [0.2, 0.25) is 0 Å². The number of fused-ring (bicyclic) bond motifs is 1. The van der Waals surface area contributed by atoms with Crippen LogP contribution in [0.25, 0.3) is 16.6 Å². The Bertz CT molecular complexity index is 1270. The zero-order valence-electron chi connectivity index (χ0n) is 15.8. The van der Waals surface area contributed by atoms with Crippen LogP contribution in [0.4, 0.5) is 0 Å². The molecule has 4 aromatic rings. The van der Waals surface area contributed by atoms with Crippen LogP contribution in [0.1, 0.15) is 26.5 Å². The molecule has 30 heavy (non-hydrogen) atoms. The van der Waals surface area contributed by atoms with Gasteiger partial charge in [0, 0.05) is 16.6 Å². The van der Waals surface area contributed by atoms with Crippen molar-refractivity contribution in [3.63, 3.8) is 0 Å². The van der Waals surface area contributed by atoms with Crippen LogP contribution < -0.4 is 10.9 Å². The summed E-state index contributed by atoms with van der Waals surface area (Å²) in [6.45, 7) is 1.69. The van der Waals surface area contributed by atoms with Crippen LogP contribution in [0.15, 0.2) is 60.8 Å². The molecule has 0 fully saturated rings. The molecule has 2 aromatic heterocycles. The summed E-state index contributed by atoms with van der Waals surface area (Å²) in [4.78, 5) is 40.3. The van der Waals surface area contributed by atoms with Gasteiger partial charge in [-0.05, 0) is 25.1 Å². The minimum absolute atomic E-state index is 0.230. The Morgan fingerprint density at radius 3 is 2.47 bits per heavy atom. The van der Waals surface area contributed by atoms with E-state index >= 15 is 0 Å². The number of aromatic nitrogens is 3. The molecule has 4 rings (SSSR count). The number of para-hydroxylation sites is 2. The maximum atomic E-state index is 12.6. The summed E-state index contributed by atoms with van der Waals surface area (Å²) < 4.78 is 1.33. The highest BCUT2D eigenvalue weighted by atomic mass is 16.3. The van der Waals surface area contributed by atoms with Crippen molar-refractivity contribution in [1.29, 1.82) is 0 Å². The van der Waals surface area contributed by atoms with Crippen molar-refractivity contribution in [2.24, 2.45) is 0 Å². The summed E-state index contributed by atoms with van der Waals surface area (Å²) in [6, 6.07) is 16.0. The first-order valence-electron chi connectivity index (χ1n) is 9.02. The average molecular weight is 403 g/mol. The van der Waals surface area contributed by atoms with E-state index in [4.69, 9.17) is 0 Å². The van der Waals surface area contributed by atoms with Crippen molar-refractivity contribution >= 4 is 28.5 Å². The lowest BCUT2D eigenvalue weighted by atomic mass is 10.1. The Morgan fingerprint density at radius 2 is 1.70 bits per heavy atom. The number of aromatic hydroxyl groups is 1. The third kappa shape index (κ3) is 3.39. The highest BCUT2D eigenvalue weighted by molar-refractivity contribution is 6.45. The van der Waals surface area contributed by atoms with Crippen LogP contribution in [-0.2, 0) is 4.79 Å². The van der Waals surface area contributed by atoms with Gasteiger partial charge in [0.15, 0.2) is 11.4 Å². The van der Waals surface area contributed by atoms with Gasteiger partial charge in [-0.25, -0.2) is 4.68 Å². The predicted octanol–water partition coefficient (Wildman–Crippen LogP) is 2.01. The quantitative estimate of drug-likeness (QED) is 0.235. The Morgan fingerprint density at radius 1 is 1.00 bits per heavy atom. The molecule has 0 aliphatic carbocycles. The molecule has 2 aromatic carbocycles. The van der Waals surface area contributed by atoms with Crippen molar-refractivity contribution in [2.45, 2.75) is 6.92 Å². The Labute approximate surface area is 170 Å². The third-order valence-electron chi connectivity index (χ3n) is 4.55. The minimum atomic E-state index is -1.02. The first-order chi connectivity index (χ1) is 14.5. The van der Waals surface area contributed by atoms with Crippen LogP contribution in [0, 0.1) is 6.92 Å². The molecule has 0 saturated carbocycles. The number of carbonyl (C=O) groups excluding carboxylic acids is 3. The summed E-state index contributed by atoms with van der Waals surface area (Å²) >= 11 is 0. The standard InChI is InChI=1S/C21H17N5O4/c1-12-17(14-9-5-6-10-15(14)22-12)19(28)21(30)24-23-20(29)18-16(27)11-26(25-18)13-7-3-2-4-8-13/h2-11,22,27H,1H3,(H,23,29)(H,24,30). The first kappa shape index (κ1) is 18.9. The fourth-order valence-corrected chi connectivity index (χ4v) is 3.15. The van der Waals surface area contributed by atoms with E-state index < -0.39 is 17.6 Å². The van der Waals surface area contributed by atoms with Crippen LogP contribution in [0.5, 0.6) is 5.75 Å². The first-order valence-corrected chi connectivity index (χ1v) is 9.02. The number of aryl methyl sites for hydroxylation is 1. The Balaban J connectivity index is 1.47. The molecule has 9 nitrogen and oxygen atoms in total. The monoisotopic (exact) mass is 403 g/mol. The number of amides is 2. The van der Waals surface area contributed by atoms with Gasteiger partial charge in [-0.15, -0.1) is 0 Å². The molecule has 150 valence electrons. The smallest absolute Gasteiger partial charge is 0.310 e. The molecule has 2 amide bonds. The lowest BCUT2D eigenvalue weighted by Crippen LogP contribution is -2.45. The molecule has 0 spiro atoms. The highest BCUT2D eigenvalue weighted by Crippen LogP contribution is 2.22. The van der Waals surface area contributed by atoms with Gasteiger partial charge < -0.3 is 10.1 Å². The normalized spacial score (nSPS) is 10.7. The molecule has 0 bridgehead atoms. The lowest BCUT2D eigenvalue weighted by molar-refractivity contribution is -0.117. The molecule has 0 unspecified atom stereocenters. The van der Waals surface area contributed by atoms with E-state index in [1.165, 1.54) is 10.9 Å². The summed E-state index contributed by atoms with van der Waals surface area (Å²) in [5.41, 5.74) is 6.03. The number of Topliss-reactive ketones (excluding diaryl/α,β-unsaturated/α-hetero) is 1. The maximum Gasteiger partial charge on any atom is 0.310 e. The van der Waals surface area contributed by atoms with E-state index in [-0.39, 0.29) is 17.0 Å². The number of H-pyrrole nitrogens is 1.